The third-order valence-electron chi connectivity index (χ3n) is 4.92. The van der Waals surface area contributed by atoms with Crippen LogP contribution in [0.5, 0.6) is 0 Å². The Bertz CT molecular complexity index is 414. The Morgan fingerprint density at radius 1 is 1.15 bits per heavy atom. The fourth-order valence-corrected chi connectivity index (χ4v) is 3.34. The van der Waals surface area contributed by atoms with Crippen molar-refractivity contribution in [1.29, 1.82) is 0 Å². The van der Waals surface area contributed by atoms with Crippen LogP contribution in [0.4, 0.5) is 11.5 Å². The van der Waals surface area contributed by atoms with Crippen LogP contribution in [0, 0.1) is 11.8 Å². The topological polar surface area (TPSA) is 28.2 Å². The number of hydrogen-bond donors (Lipinski definition) is 1. The van der Waals surface area contributed by atoms with E-state index < -0.39 is 0 Å². The molecule has 2 fully saturated rings. The van der Waals surface area contributed by atoms with Crippen LogP contribution < -0.4 is 10.2 Å². The SMILES string of the molecule is CC(C)C1CC(Nc2ccc(N3CCCCC3)nc2)C1. The Kier molecular flexibility index (Phi) is 4.13. The Balaban J connectivity index is 1.52. The lowest BCUT2D eigenvalue weighted by atomic mass is 9.73. The average molecular weight is 273 g/mol. The summed E-state index contributed by atoms with van der Waals surface area (Å²) in [6.07, 6.45) is 8.61. The van der Waals surface area contributed by atoms with Crippen molar-refractivity contribution in [2.24, 2.45) is 11.8 Å². The molecule has 0 aromatic carbocycles. The number of pyridine rings is 1. The van der Waals surface area contributed by atoms with Crippen molar-refractivity contribution >= 4 is 11.5 Å². The highest BCUT2D eigenvalue weighted by Crippen LogP contribution is 2.35. The molecule has 2 heterocycles. The summed E-state index contributed by atoms with van der Waals surface area (Å²) in [4.78, 5) is 7.04. The van der Waals surface area contributed by atoms with E-state index in [1.165, 1.54) is 50.9 Å². The van der Waals surface area contributed by atoms with Crippen LogP contribution in [0.2, 0.25) is 0 Å². The van der Waals surface area contributed by atoms with E-state index in [1.54, 1.807) is 0 Å². The molecule has 3 nitrogen and oxygen atoms in total. The van der Waals surface area contributed by atoms with Gasteiger partial charge in [0.1, 0.15) is 5.82 Å². The Morgan fingerprint density at radius 3 is 2.50 bits per heavy atom. The van der Waals surface area contributed by atoms with Crippen LogP contribution in [0.3, 0.4) is 0 Å². The molecule has 3 rings (SSSR count). The number of rotatable bonds is 4. The van der Waals surface area contributed by atoms with Crippen LogP contribution in [-0.2, 0) is 0 Å². The molecule has 0 amide bonds. The lowest BCUT2D eigenvalue weighted by Crippen LogP contribution is -2.37. The van der Waals surface area contributed by atoms with E-state index in [4.69, 9.17) is 0 Å². The van der Waals surface area contributed by atoms with Crippen LogP contribution >= 0.6 is 0 Å². The van der Waals surface area contributed by atoms with Gasteiger partial charge in [-0.3, -0.25) is 0 Å². The first-order valence-corrected chi connectivity index (χ1v) is 8.20. The summed E-state index contributed by atoms with van der Waals surface area (Å²) in [6, 6.07) is 5.02. The van der Waals surface area contributed by atoms with Crippen LogP contribution in [0.25, 0.3) is 0 Å². The molecule has 1 aromatic rings. The highest BCUT2D eigenvalue weighted by molar-refractivity contribution is 5.49. The minimum atomic E-state index is 0.657. The molecule has 20 heavy (non-hydrogen) atoms. The van der Waals surface area contributed by atoms with E-state index in [1.807, 2.05) is 6.20 Å². The number of aromatic nitrogens is 1. The highest BCUT2D eigenvalue weighted by atomic mass is 15.2. The summed E-state index contributed by atoms with van der Waals surface area (Å²) < 4.78 is 0. The van der Waals surface area contributed by atoms with Gasteiger partial charge >= 0.3 is 0 Å². The van der Waals surface area contributed by atoms with Gasteiger partial charge in [0.2, 0.25) is 0 Å². The van der Waals surface area contributed by atoms with Gasteiger partial charge in [-0.15, -0.1) is 0 Å². The van der Waals surface area contributed by atoms with Gasteiger partial charge in [-0.2, -0.15) is 0 Å². The normalized spacial score (nSPS) is 26.4. The lowest BCUT2D eigenvalue weighted by molar-refractivity contribution is 0.212. The fraction of sp³-hybridized carbons (Fsp3) is 0.706. The van der Waals surface area contributed by atoms with E-state index >= 15 is 0 Å². The minimum Gasteiger partial charge on any atom is -0.381 e. The highest BCUT2D eigenvalue weighted by Gasteiger charge is 2.30. The quantitative estimate of drug-likeness (QED) is 0.901. The summed E-state index contributed by atoms with van der Waals surface area (Å²) in [6.45, 7) is 6.99. The van der Waals surface area contributed by atoms with Crippen LogP contribution in [0.15, 0.2) is 18.3 Å². The number of hydrogen-bond acceptors (Lipinski definition) is 3. The molecule has 0 atom stereocenters. The van der Waals surface area contributed by atoms with Gasteiger partial charge in [-0.05, 0) is 56.1 Å². The maximum atomic E-state index is 4.63. The maximum absolute atomic E-state index is 4.63. The van der Waals surface area contributed by atoms with Crippen molar-refractivity contribution in [2.75, 3.05) is 23.3 Å². The summed E-state index contributed by atoms with van der Waals surface area (Å²) in [5, 5.41) is 3.61. The van der Waals surface area contributed by atoms with Gasteiger partial charge in [0.25, 0.3) is 0 Å². The first kappa shape index (κ1) is 13.7. The van der Waals surface area contributed by atoms with Crippen molar-refractivity contribution in [3.8, 4) is 0 Å². The van der Waals surface area contributed by atoms with E-state index in [2.05, 4.69) is 41.2 Å². The van der Waals surface area contributed by atoms with Gasteiger partial charge in [0, 0.05) is 19.1 Å². The molecule has 1 aliphatic carbocycles. The zero-order valence-corrected chi connectivity index (χ0v) is 12.8. The van der Waals surface area contributed by atoms with Gasteiger partial charge < -0.3 is 10.2 Å². The van der Waals surface area contributed by atoms with E-state index in [-0.39, 0.29) is 0 Å². The summed E-state index contributed by atoms with van der Waals surface area (Å²) in [5.74, 6) is 2.88. The van der Waals surface area contributed by atoms with Gasteiger partial charge in [0.15, 0.2) is 0 Å². The molecule has 0 unspecified atom stereocenters. The van der Waals surface area contributed by atoms with Crippen LogP contribution in [0.1, 0.15) is 46.0 Å². The monoisotopic (exact) mass is 273 g/mol. The van der Waals surface area contributed by atoms with Crippen LogP contribution in [-0.4, -0.2) is 24.1 Å². The largest absolute Gasteiger partial charge is 0.381 e. The number of anilines is 2. The second-order valence-electron chi connectivity index (χ2n) is 6.77. The third-order valence-corrected chi connectivity index (χ3v) is 4.92. The molecule has 2 aliphatic rings. The van der Waals surface area contributed by atoms with Crippen molar-refractivity contribution in [1.82, 2.24) is 4.98 Å². The molecule has 0 bridgehead atoms. The molecular formula is C17H27N3. The number of nitrogens with zero attached hydrogens (tertiary/aromatic N) is 2. The summed E-state index contributed by atoms with van der Waals surface area (Å²) >= 11 is 0. The zero-order chi connectivity index (χ0) is 13.9. The van der Waals surface area contributed by atoms with Gasteiger partial charge in [0.05, 0.1) is 11.9 Å². The Morgan fingerprint density at radius 2 is 1.90 bits per heavy atom. The first-order chi connectivity index (χ1) is 9.72. The Labute approximate surface area is 122 Å². The molecule has 0 spiro atoms. The van der Waals surface area contributed by atoms with Gasteiger partial charge in [-0.25, -0.2) is 4.98 Å². The van der Waals surface area contributed by atoms with Gasteiger partial charge in [-0.1, -0.05) is 13.8 Å². The minimum absolute atomic E-state index is 0.657. The zero-order valence-electron chi connectivity index (χ0n) is 12.8. The average Bonchev–Trinajstić information content (AvgIpc) is 2.43. The van der Waals surface area contributed by atoms with Crippen molar-refractivity contribution < 1.29 is 0 Å². The molecule has 3 heteroatoms. The van der Waals surface area contributed by atoms with E-state index in [9.17, 15) is 0 Å². The van der Waals surface area contributed by atoms with E-state index in [0.29, 0.717) is 6.04 Å². The summed E-state index contributed by atoms with van der Waals surface area (Å²) in [5.41, 5.74) is 1.18. The maximum Gasteiger partial charge on any atom is 0.128 e. The Hall–Kier alpha value is -1.25. The molecule has 110 valence electrons. The van der Waals surface area contributed by atoms with Crippen molar-refractivity contribution in [3.63, 3.8) is 0 Å². The lowest BCUT2D eigenvalue weighted by Gasteiger charge is -2.39. The number of piperidine rings is 1. The molecule has 1 N–H and O–H groups in total. The first-order valence-electron chi connectivity index (χ1n) is 8.20. The van der Waals surface area contributed by atoms with Crippen molar-refractivity contribution in [2.45, 2.75) is 52.0 Å². The predicted octanol–water partition coefficient (Wildman–Crippen LogP) is 3.92. The smallest absolute Gasteiger partial charge is 0.128 e. The number of nitrogens with one attached hydrogen (secondary N) is 1. The third kappa shape index (κ3) is 3.08. The molecule has 1 aliphatic heterocycles. The molecule has 1 saturated carbocycles. The standard InChI is InChI=1S/C17H27N3/c1-13(2)14-10-16(11-14)19-15-6-7-17(18-12-15)20-8-4-3-5-9-20/h6-7,12-14,16,19H,3-5,8-11H2,1-2H3. The van der Waals surface area contributed by atoms with Crippen molar-refractivity contribution in [3.05, 3.63) is 18.3 Å². The molecule has 1 aromatic heterocycles. The predicted molar refractivity (Wildman–Crippen MR) is 85.3 cm³/mol. The summed E-state index contributed by atoms with van der Waals surface area (Å²) in [7, 11) is 0. The second kappa shape index (κ2) is 6.02. The molecule has 1 saturated heterocycles. The molecular weight excluding hydrogens is 246 g/mol. The molecule has 0 radical (unpaired) electrons. The second-order valence-corrected chi connectivity index (χ2v) is 6.77. The van der Waals surface area contributed by atoms with E-state index in [0.717, 1.165) is 17.7 Å². The fourth-order valence-electron chi connectivity index (χ4n) is 3.34.